The van der Waals surface area contributed by atoms with Crippen LogP contribution in [0.15, 0.2) is 24.4 Å². The first kappa shape index (κ1) is 18.1. The number of nitrogens with zero attached hydrogens (tertiary/aromatic N) is 3. The fraction of sp³-hybridized carbons (Fsp3) is 0.500. The van der Waals surface area contributed by atoms with Crippen LogP contribution in [0.5, 0.6) is 0 Å². The van der Waals surface area contributed by atoms with Crippen molar-refractivity contribution in [1.82, 2.24) is 18.8 Å². The Bertz CT molecular complexity index is 873. The van der Waals surface area contributed by atoms with E-state index in [1.165, 1.54) is 15.4 Å². The summed E-state index contributed by atoms with van der Waals surface area (Å²) >= 11 is 0. The van der Waals surface area contributed by atoms with E-state index in [1.54, 1.807) is 7.05 Å². The quantitative estimate of drug-likeness (QED) is 0.889. The molecule has 1 atom stereocenters. The Balaban J connectivity index is 1.94. The zero-order chi connectivity index (χ0) is 18.2. The van der Waals surface area contributed by atoms with Gasteiger partial charge < -0.3 is 0 Å². The second-order valence-electron chi connectivity index (χ2n) is 6.71. The summed E-state index contributed by atoms with van der Waals surface area (Å²) in [6, 6.07) is 6.07. The molecule has 7 heteroatoms. The zero-order valence-electron chi connectivity index (χ0n) is 15.3. The maximum absolute atomic E-state index is 12.4. The van der Waals surface area contributed by atoms with E-state index < -0.39 is 10.2 Å². The second-order valence-corrected chi connectivity index (χ2v) is 8.52. The van der Waals surface area contributed by atoms with Crippen LogP contribution in [-0.4, -0.2) is 36.1 Å². The summed E-state index contributed by atoms with van der Waals surface area (Å²) in [6.07, 6.45) is 4.45. The standard InChI is InChI=1S/C18H26N4O2S/c1-5-21(4)25(23,24)20-17-7-6-8-18-16(17)12-19-22(18)15-10-9-13(2)14(3)11-15/h9-12,17,20H,5-8H2,1-4H3/t17-/m0/s1. The van der Waals surface area contributed by atoms with Crippen molar-refractivity contribution in [2.75, 3.05) is 13.6 Å². The average molecular weight is 362 g/mol. The predicted molar refractivity (Wildman–Crippen MR) is 99.1 cm³/mol. The fourth-order valence-corrected chi connectivity index (χ4v) is 4.32. The first-order chi connectivity index (χ1) is 11.8. The van der Waals surface area contributed by atoms with E-state index >= 15 is 0 Å². The topological polar surface area (TPSA) is 67.2 Å². The summed E-state index contributed by atoms with van der Waals surface area (Å²) < 4.78 is 30.9. The van der Waals surface area contributed by atoms with Crippen molar-refractivity contribution in [2.45, 2.75) is 46.1 Å². The van der Waals surface area contributed by atoms with Gasteiger partial charge in [0, 0.05) is 24.8 Å². The van der Waals surface area contributed by atoms with Gasteiger partial charge in [-0.1, -0.05) is 13.0 Å². The minimum absolute atomic E-state index is 0.219. The van der Waals surface area contributed by atoms with Crippen molar-refractivity contribution >= 4 is 10.2 Å². The molecule has 0 saturated carbocycles. The van der Waals surface area contributed by atoms with Gasteiger partial charge in [0.15, 0.2) is 0 Å². The minimum atomic E-state index is -3.47. The van der Waals surface area contributed by atoms with Gasteiger partial charge in [0.2, 0.25) is 0 Å². The number of fused-ring (bicyclic) bond motifs is 1. The number of hydrogen-bond acceptors (Lipinski definition) is 3. The molecule has 0 spiro atoms. The monoisotopic (exact) mass is 362 g/mol. The van der Waals surface area contributed by atoms with Gasteiger partial charge >= 0.3 is 0 Å². The zero-order valence-corrected chi connectivity index (χ0v) is 16.1. The summed E-state index contributed by atoms with van der Waals surface area (Å²) in [5.74, 6) is 0. The van der Waals surface area contributed by atoms with Gasteiger partial charge in [-0.2, -0.15) is 22.5 Å². The predicted octanol–water partition coefficient (Wildman–Crippen LogP) is 2.65. The largest absolute Gasteiger partial charge is 0.279 e. The highest BCUT2D eigenvalue weighted by Crippen LogP contribution is 2.32. The van der Waals surface area contributed by atoms with E-state index in [0.29, 0.717) is 6.54 Å². The fourth-order valence-electron chi connectivity index (χ4n) is 3.20. The third-order valence-corrected chi connectivity index (χ3v) is 6.73. The molecule has 1 aliphatic carbocycles. The Labute approximate surface area is 150 Å². The molecule has 1 heterocycles. The minimum Gasteiger partial charge on any atom is -0.237 e. The first-order valence-corrected chi connectivity index (χ1v) is 10.2. The molecule has 2 aromatic rings. The third kappa shape index (κ3) is 3.49. The highest BCUT2D eigenvalue weighted by molar-refractivity contribution is 7.87. The van der Waals surface area contributed by atoms with Crippen LogP contribution >= 0.6 is 0 Å². The maximum atomic E-state index is 12.4. The van der Waals surface area contributed by atoms with Crippen LogP contribution in [0.3, 0.4) is 0 Å². The van der Waals surface area contributed by atoms with Gasteiger partial charge in [0.05, 0.1) is 17.9 Å². The molecular weight excluding hydrogens is 336 g/mol. The number of rotatable bonds is 5. The third-order valence-electron chi connectivity index (χ3n) is 5.06. The summed E-state index contributed by atoms with van der Waals surface area (Å²) in [5.41, 5.74) is 5.58. The molecule has 1 aromatic carbocycles. The molecule has 25 heavy (non-hydrogen) atoms. The smallest absolute Gasteiger partial charge is 0.237 e. The van der Waals surface area contributed by atoms with E-state index in [-0.39, 0.29) is 6.04 Å². The average Bonchev–Trinajstić information content (AvgIpc) is 3.01. The lowest BCUT2D eigenvalue weighted by atomic mass is 9.93. The van der Waals surface area contributed by atoms with Crippen LogP contribution in [0.1, 0.15) is 48.2 Å². The van der Waals surface area contributed by atoms with Crippen LogP contribution in [-0.2, 0) is 16.6 Å². The van der Waals surface area contributed by atoms with E-state index in [1.807, 2.05) is 17.8 Å². The Kier molecular flexibility index (Phi) is 4.99. The Morgan fingerprint density at radius 2 is 2.08 bits per heavy atom. The van der Waals surface area contributed by atoms with Gasteiger partial charge in [-0.05, 0) is 56.4 Å². The molecule has 1 N–H and O–H groups in total. The molecule has 0 fully saturated rings. The number of aryl methyl sites for hydroxylation is 2. The lowest BCUT2D eigenvalue weighted by molar-refractivity contribution is 0.444. The highest BCUT2D eigenvalue weighted by atomic mass is 32.2. The van der Waals surface area contributed by atoms with Gasteiger partial charge in [0.25, 0.3) is 10.2 Å². The van der Waals surface area contributed by atoms with Gasteiger partial charge in [0.1, 0.15) is 0 Å². The van der Waals surface area contributed by atoms with Crippen molar-refractivity contribution in [3.63, 3.8) is 0 Å². The van der Waals surface area contributed by atoms with E-state index in [9.17, 15) is 8.42 Å². The summed E-state index contributed by atoms with van der Waals surface area (Å²) in [5, 5.41) is 4.55. The van der Waals surface area contributed by atoms with Crippen molar-refractivity contribution in [3.05, 3.63) is 46.8 Å². The Morgan fingerprint density at radius 1 is 1.32 bits per heavy atom. The molecule has 1 aromatic heterocycles. The second kappa shape index (κ2) is 6.90. The number of aromatic nitrogens is 2. The molecule has 0 unspecified atom stereocenters. The summed E-state index contributed by atoms with van der Waals surface area (Å²) in [4.78, 5) is 0. The molecular formula is C18H26N4O2S. The SMILES string of the molecule is CCN(C)S(=O)(=O)N[C@H]1CCCc2c1cnn2-c1ccc(C)c(C)c1. The molecule has 0 aliphatic heterocycles. The molecule has 1 aliphatic rings. The number of nitrogens with one attached hydrogen (secondary N) is 1. The maximum Gasteiger partial charge on any atom is 0.279 e. The van der Waals surface area contributed by atoms with Crippen LogP contribution in [0.4, 0.5) is 0 Å². The molecule has 0 radical (unpaired) electrons. The lowest BCUT2D eigenvalue weighted by Crippen LogP contribution is -2.40. The molecule has 0 saturated heterocycles. The van der Waals surface area contributed by atoms with E-state index in [4.69, 9.17) is 0 Å². The van der Waals surface area contributed by atoms with Crippen LogP contribution in [0.25, 0.3) is 5.69 Å². The summed E-state index contributed by atoms with van der Waals surface area (Å²) in [7, 11) is -1.89. The molecule has 3 rings (SSSR count). The van der Waals surface area contributed by atoms with E-state index in [0.717, 1.165) is 36.2 Å². The van der Waals surface area contributed by atoms with E-state index in [2.05, 4.69) is 41.9 Å². The Morgan fingerprint density at radius 3 is 2.76 bits per heavy atom. The van der Waals surface area contributed by atoms with Crippen molar-refractivity contribution in [2.24, 2.45) is 0 Å². The van der Waals surface area contributed by atoms with Crippen LogP contribution in [0.2, 0.25) is 0 Å². The van der Waals surface area contributed by atoms with Gasteiger partial charge in [-0.3, -0.25) is 0 Å². The lowest BCUT2D eigenvalue weighted by Gasteiger charge is -2.26. The van der Waals surface area contributed by atoms with Crippen molar-refractivity contribution in [1.29, 1.82) is 0 Å². The van der Waals surface area contributed by atoms with Crippen LogP contribution < -0.4 is 4.72 Å². The number of benzene rings is 1. The first-order valence-electron chi connectivity index (χ1n) is 8.71. The van der Waals surface area contributed by atoms with Gasteiger partial charge in [-0.15, -0.1) is 0 Å². The highest BCUT2D eigenvalue weighted by Gasteiger charge is 2.29. The van der Waals surface area contributed by atoms with Gasteiger partial charge in [-0.25, -0.2) is 4.68 Å². The van der Waals surface area contributed by atoms with Crippen LogP contribution in [0, 0.1) is 13.8 Å². The molecule has 136 valence electrons. The molecule has 6 nitrogen and oxygen atoms in total. The molecule has 0 amide bonds. The normalized spacial score (nSPS) is 17.7. The Hall–Kier alpha value is -1.70. The van der Waals surface area contributed by atoms with Crippen molar-refractivity contribution < 1.29 is 8.42 Å². The number of hydrogen-bond donors (Lipinski definition) is 1. The van der Waals surface area contributed by atoms with Crippen molar-refractivity contribution in [3.8, 4) is 5.69 Å². The molecule has 0 bridgehead atoms. The summed E-state index contributed by atoms with van der Waals surface area (Å²) in [6.45, 7) is 6.44.